The second kappa shape index (κ2) is 6.23. The lowest BCUT2D eigenvalue weighted by Gasteiger charge is -2.20. The summed E-state index contributed by atoms with van der Waals surface area (Å²) in [6, 6.07) is 3.37. The normalized spacial score (nSPS) is 11.7. The molecule has 0 aromatic heterocycles. The van der Waals surface area contributed by atoms with Crippen LogP contribution in [0.2, 0.25) is 0 Å². The predicted molar refractivity (Wildman–Crippen MR) is 78.8 cm³/mol. The number of hydrogen-bond acceptors (Lipinski definition) is 4. The van der Waals surface area contributed by atoms with Gasteiger partial charge in [0.25, 0.3) is 0 Å². The lowest BCUT2D eigenvalue weighted by atomic mass is 10.1. The Labute approximate surface area is 120 Å². The molecular formula is C13H21N3O3S. The molecule has 0 aliphatic carbocycles. The van der Waals surface area contributed by atoms with E-state index in [2.05, 4.69) is 5.32 Å². The van der Waals surface area contributed by atoms with Crippen LogP contribution in [0.5, 0.6) is 0 Å². The van der Waals surface area contributed by atoms with Crippen molar-refractivity contribution in [3.63, 3.8) is 0 Å². The van der Waals surface area contributed by atoms with E-state index in [4.69, 9.17) is 5.73 Å². The molecule has 1 aromatic carbocycles. The highest BCUT2D eigenvalue weighted by atomic mass is 32.2. The average molecular weight is 299 g/mol. The number of aryl methyl sites for hydroxylation is 1. The number of amides is 1. The van der Waals surface area contributed by atoms with Crippen molar-refractivity contribution in [3.05, 3.63) is 23.3 Å². The molecule has 0 spiro atoms. The summed E-state index contributed by atoms with van der Waals surface area (Å²) >= 11 is 0. The highest BCUT2D eigenvalue weighted by Crippen LogP contribution is 2.27. The Bertz CT molecular complexity index is 612. The number of nitrogens with one attached hydrogen (secondary N) is 1. The zero-order valence-corrected chi connectivity index (χ0v) is 13.0. The molecule has 0 fully saturated rings. The Morgan fingerprint density at radius 1 is 1.35 bits per heavy atom. The van der Waals surface area contributed by atoms with Crippen molar-refractivity contribution in [2.75, 3.05) is 26.4 Å². The summed E-state index contributed by atoms with van der Waals surface area (Å²) in [5, 5.41) is 2.46. The van der Waals surface area contributed by atoms with Gasteiger partial charge in [0.1, 0.15) is 0 Å². The molecule has 1 rings (SSSR count). The monoisotopic (exact) mass is 299 g/mol. The van der Waals surface area contributed by atoms with Crippen LogP contribution in [0.3, 0.4) is 0 Å². The van der Waals surface area contributed by atoms with Gasteiger partial charge >= 0.3 is 0 Å². The molecule has 1 amide bonds. The number of rotatable bonds is 5. The Kier molecular flexibility index (Phi) is 5.13. The standard InChI is InChI=1S/C13H21N3O3S/c1-9-5-6-11(14)10(2)13(9)20(18,19)16(4)8-7-12(17)15-3/h5-6H,7-8,14H2,1-4H3,(H,15,17). The molecule has 1 aromatic rings. The van der Waals surface area contributed by atoms with E-state index in [9.17, 15) is 13.2 Å². The van der Waals surface area contributed by atoms with Gasteiger partial charge in [0.05, 0.1) is 4.90 Å². The minimum atomic E-state index is -3.65. The molecule has 3 N–H and O–H groups in total. The highest BCUT2D eigenvalue weighted by Gasteiger charge is 2.25. The van der Waals surface area contributed by atoms with Gasteiger partial charge in [0, 0.05) is 32.7 Å². The molecule has 0 unspecified atom stereocenters. The minimum Gasteiger partial charge on any atom is -0.398 e. The lowest BCUT2D eigenvalue weighted by molar-refractivity contribution is -0.120. The molecule has 0 saturated heterocycles. The van der Waals surface area contributed by atoms with E-state index >= 15 is 0 Å². The van der Waals surface area contributed by atoms with E-state index in [1.807, 2.05) is 0 Å². The fourth-order valence-electron chi connectivity index (χ4n) is 1.90. The fraction of sp³-hybridized carbons (Fsp3) is 0.462. The molecule has 0 radical (unpaired) electrons. The topological polar surface area (TPSA) is 92.5 Å². The summed E-state index contributed by atoms with van der Waals surface area (Å²) in [6.07, 6.45) is 0.118. The summed E-state index contributed by atoms with van der Waals surface area (Å²) in [7, 11) is -0.678. The predicted octanol–water partition coefficient (Wildman–Crippen LogP) is 0.642. The second-order valence-corrected chi connectivity index (χ2v) is 6.66. The van der Waals surface area contributed by atoms with Crippen molar-refractivity contribution in [3.8, 4) is 0 Å². The summed E-state index contributed by atoms with van der Waals surface area (Å²) in [5.41, 5.74) is 7.40. The SMILES string of the molecule is CNC(=O)CCN(C)S(=O)(=O)c1c(C)ccc(N)c1C. The van der Waals surface area contributed by atoms with E-state index in [-0.39, 0.29) is 23.8 Å². The summed E-state index contributed by atoms with van der Waals surface area (Å²) in [5.74, 6) is -0.201. The first-order valence-corrected chi connectivity index (χ1v) is 7.68. The molecule has 112 valence electrons. The Hall–Kier alpha value is -1.60. The number of carbonyl (C=O) groups is 1. The van der Waals surface area contributed by atoms with Crippen LogP contribution in [0.1, 0.15) is 17.5 Å². The number of anilines is 1. The number of nitrogens with two attached hydrogens (primary N) is 1. The summed E-state index contributed by atoms with van der Waals surface area (Å²) in [6.45, 7) is 3.53. The molecule has 0 aliphatic heterocycles. The Morgan fingerprint density at radius 3 is 2.50 bits per heavy atom. The Morgan fingerprint density at radius 2 is 1.95 bits per heavy atom. The van der Waals surface area contributed by atoms with Gasteiger partial charge in [-0.3, -0.25) is 4.79 Å². The average Bonchev–Trinajstić information content (AvgIpc) is 2.39. The van der Waals surface area contributed by atoms with Gasteiger partial charge in [-0.1, -0.05) is 6.07 Å². The van der Waals surface area contributed by atoms with Gasteiger partial charge < -0.3 is 11.1 Å². The van der Waals surface area contributed by atoms with Crippen LogP contribution >= 0.6 is 0 Å². The maximum absolute atomic E-state index is 12.6. The zero-order chi connectivity index (χ0) is 15.5. The van der Waals surface area contributed by atoms with Crippen LogP contribution in [-0.2, 0) is 14.8 Å². The number of nitrogen functional groups attached to an aromatic ring is 1. The minimum absolute atomic E-state index is 0.118. The van der Waals surface area contributed by atoms with E-state index in [0.717, 1.165) is 0 Å². The van der Waals surface area contributed by atoms with Gasteiger partial charge in [0.2, 0.25) is 15.9 Å². The number of nitrogens with zero attached hydrogens (tertiary/aromatic N) is 1. The van der Waals surface area contributed by atoms with Crippen LogP contribution in [0.15, 0.2) is 17.0 Å². The molecule has 0 saturated carbocycles. The van der Waals surface area contributed by atoms with Crippen LogP contribution in [0, 0.1) is 13.8 Å². The number of hydrogen-bond donors (Lipinski definition) is 2. The van der Waals surface area contributed by atoms with Gasteiger partial charge in [-0.2, -0.15) is 0 Å². The smallest absolute Gasteiger partial charge is 0.243 e. The maximum atomic E-state index is 12.6. The van der Waals surface area contributed by atoms with Crippen molar-refractivity contribution >= 4 is 21.6 Å². The van der Waals surface area contributed by atoms with Crippen molar-refractivity contribution in [2.24, 2.45) is 0 Å². The van der Waals surface area contributed by atoms with Crippen molar-refractivity contribution in [1.29, 1.82) is 0 Å². The first-order chi connectivity index (χ1) is 9.21. The third kappa shape index (κ3) is 3.29. The highest BCUT2D eigenvalue weighted by molar-refractivity contribution is 7.89. The van der Waals surface area contributed by atoms with Crippen molar-refractivity contribution < 1.29 is 13.2 Å². The zero-order valence-electron chi connectivity index (χ0n) is 12.2. The third-order valence-electron chi connectivity index (χ3n) is 3.25. The number of carbonyl (C=O) groups excluding carboxylic acids is 1. The van der Waals surface area contributed by atoms with Crippen LogP contribution in [0.4, 0.5) is 5.69 Å². The first kappa shape index (κ1) is 16.5. The van der Waals surface area contributed by atoms with E-state index < -0.39 is 10.0 Å². The molecule has 6 nitrogen and oxygen atoms in total. The van der Waals surface area contributed by atoms with Gasteiger partial charge in [-0.15, -0.1) is 0 Å². The molecule has 0 aliphatic rings. The number of sulfonamides is 1. The fourth-order valence-corrected chi connectivity index (χ4v) is 3.52. The molecule has 0 bridgehead atoms. The molecule has 20 heavy (non-hydrogen) atoms. The lowest BCUT2D eigenvalue weighted by Crippen LogP contribution is -2.32. The molecule has 0 heterocycles. The second-order valence-electron chi connectivity index (χ2n) is 4.68. The third-order valence-corrected chi connectivity index (χ3v) is 5.39. The number of benzene rings is 1. The molecule has 7 heteroatoms. The van der Waals surface area contributed by atoms with Crippen molar-refractivity contribution in [2.45, 2.75) is 25.2 Å². The van der Waals surface area contributed by atoms with Crippen LogP contribution in [-0.4, -0.2) is 39.3 Å². The summed E-state index contributed by atoms with van der Waals surface area (Å²) in [4.78, 5) is 11.4. The molecular weight excluding hydrogens is 278 g/mol. The van der Waals surface area contributed by atoms with Gasteiger partial charge in [-0.25, -0.2) is 12.7 Å². The summed E-state index contributed by atoms with van der Waals surface area (Å²) < 4.78 is 26.3. The maximum Gasteiger partial charge on any atom is 0.243 e. The largest absolute Gasteiger partial charge is 0.398 e. The van der Waals surface area contributed by atoms with Crippen molar-refractivity contribution in [1.82, 2.24) is 9.62 Å². The van der Waals surface area contributed by atoms with E-state index in [0.29, 0.717) is 16.8 Å². The van der Waals surface area contributed by atoms with E-state index in [1.165, 1.54) is 18.4 Å². The van der Waals surface area contributed by atoms with Gasteiger partial charge in [0.15, 0.2) is 0 Å². The molecule has 0 atom stereocenters. The van der Waals surface area contributed by atoms with Crippen LogP contribution in [0.25, 0.3) is 0 Å². The van der Waals surface area contributed by atoms with Gasteiger partial charge in [-0.05, 0) is 31.0 Å². The first-order valence-electron chi connectivity index (χ1n) is 6.24. The van der Waals surface area contributed by atoms with Crippen LogP contribution < -0.4 is 11.1 Å². The Balaban J connectivity index is 3.11. The quantitative estimate of drug-likeness (QED) is 0.780. The van der Waals surface area contributed by atoms with E-state index in [1.54, 1.807) is 26.0 Å².